The van der Waals surface area contributed by atoms with Crippen molar-refractivity contribution in [1.82, 2.24) is 0 Å². The van der Waals surface area contributed by atoms with Gasteiger partial charge in [0.2, 0.25) is 0 Å². The summed E-state index contributed by atoms with van der Waals surface area (Å²) in [6, 6.07) is 14.2. The molecule has 0 atom stereocenters. The third-order valence-corrected chi connectivity index (χ3v) is 4.89. The molecule has 0 fully saturated rings. The average Bonchev–Trinajstić information content (AvgIpc) is 2.61. The number of hydrogen-bond acceptors (Lipinski definition) is 4. The molecule has 0 aromatic heterocycles. The highest BCUT2D eigenvalue weighted by molar-refractivity contribution is 9.10. The third kappa shape index (κ3) is 2.26. The molecule has 0 saturated heterocycles. The second kappa shape index (κ2) is 5.53. The van der Waals surface area contributed by atoms with Crippen LogP contribution in [0.5, 0.6) is 0 Å². The number of imide groups is 1. The number of anilines is 1. The number of amides is 2. The smallest absolute Gasteiger partial charge is 0.265 e. The van der Waals surface area contributed by atoms with Crippen LogP contribution in [0.3, 0.4) is 0 Å². The molecule has 3 aromatic carbocycles. The Hall–Kier alpha value is -2.99. The number of hydrogen-bond donors (Lipinski definition) is 0. The number of halogens is 1. The quantitative estimate of drug-likeness (QED) is 0.626. The number of nitrogens with zero attached hydrogens (tertiary/aromatic N) is 1. The summed E-state index contributed by atoms with van der Waals surface area (Å²) < 4.78 is 0.793. The van der Waals surface area contributed by atoms with Gasteiger partial charge in [0.05, 0.1) is 11.7 Å². The molecular weight excluding hydrogens is 386 g/mol. The van der Waals surface area contributed by atoms with Crippen molar-refractivity contribution in [2.75, 3.05) is 4.90 Å². The Balaban J connectivity index is 1.96. The fourth-order valence-corrected chi connectivity index (χ4v) is 3.53. The van der Waals surface area contributed by atoms with Crippen LogP contribution in [0, 0.1) is 0 Å². The zero-order chi connectivity index (χ0) is 17.7. The van der Waals surface area contributed by atoms with Crippen molar-refractivity contribution in [2.24, 2.45) is 0 Å². The van der Waals surface area contributed by atoms with Gasteiger partial charge in [-0.15, -0.1) is 0 Å². The van der Waals surface area contributed by atoms with Crippen LogP contribution < -0.4 is 10.0 Å². The molecule has 5 nitrogen and oxygen atoms in total. The molecule has 1 aliphatic rings. The normalized spacial score (nSPS) is 13.4. The molecule has 1 aliphatic heterocycles. The SMILES string of the molecule is O=C([O-])c1cccc(N2C(=O)c3cccc4c(Br)ccc(c34)C2=O)c1. The van der Waals surface area contributed by atoms with Gasteiger partial charge in [-0.3, -0.25) is 9.59 Å². The summed E-state index contributed by atoms with van der Waals surface area (Å²) in [5, 5.41) is 12.5. The lowest BCUT2D eigenvalue weighted by atomic mass is 9.93. The summed E-state index contributed by atoms with van der Waals surface area (Å²) >= 11 is 3.44. The zero-order valence-electron chi connectivity index (χ0n) is 12.7. The molecule has 0 radical (unpaired) electrons. The Bertz CT molecular complexity index is 1070. The second-order valence-corrected chi connectivity index (χ2v) is 6.46. The minimum absolute atomic E-state index is 0.0992. The van der Waals surface area contributed by atoms with Gasteiger partial charge >= 0.3 is 0 Å². The van der Waals surface area contributed by atoms with Gasteiger partial charge in [-0.05, 0) is 41.3 Å². The van der Waals surface area contributed by atoms with Crippen LogP contribution in [0.25, 0.3) is 10.8 Å². The van der Waals surface area contributed by atoms with Gasteiger partial charge in [-0.25, -0.2) is 4.90 Å². The Kier molecular flexibility index (Phi) is 3.43. The van der Waals surface area contributed by atoms with Gasteiger partial charge in [0, 0.05) is 21.0 Å². The van der Waals surface area contributed by atoms with Gasteiger partial charge in [-0.1, -0.05) is 40.2 Å². The van der Waals surface area contributed by atoms with Crippen LogP contribution in [-0.4, -0.2) is 17.8 Å². The number of aromatic carboxylic acids is 1. The number of carboxylic acid groups (broad SMARTS) is 1. The lowest BCUT2D eigenvalue weighted by molar-refractivity contribution is -0.255. The number of carbonyl (C=O) groups excluding carboxylic acids is 3. The van der Waals surface area contributed by atoms with Crippen molar-refractivity contribution in [3.05, 3.63) is 75.8 Å². The van der Waals surface area contributed by atoms with E-state index in [-0.39, 0.29) is 11.3 Å². The largest absolute Gasteiger partial charge is 0.545 e. The van der Waals surface area contributed by atoms with E-state index in [4.69, 9.17) is 0 Å². The first kappa shape index (κ1) is 15.5. The maximum absolute atomic E-state index is 12.9. The lowest BCUT2D eigenvalue weighted by Crippen LogP contribution is -2.40. The predicted molar refractivity (Wildman–Crippen MR) is 93.6 cm³/mol. The number of benzene rings is 3. The average molecular weight is 395 g/mol. The zero-order valence-corrected chi connectivity index (χ0v) is 14.2. The first-order valence-corrected chi connectivity index (χ1v) is 8.20. The summed E-state index contributed by atoms with van der Waals surface area (Å²) in [5.74, 6) is -2.35. The van der Waals surface area contributed by atoms with Crippen LogP contribution >= 0.6 is 15.9 Å². The predicted octanol–water partition coefficient (Wildman–Crippen LogP) is 2.77. The summed E-state index contributed by atoms with van der Waals surface area (Å²) in [7, 11) is 0. The number of carboxylic acids is 1. The van der Waals surface area contributed by atoms with Gasteiger partial charge < -0.3 is 9.90 Å². The van der Waals surface area contributed by atoms with E-state index in [0.717, 1.165) is 14.8 Å². The molecule has 3 aromatic rings. The minimum atomic E-state index is -1.37. The molecule has 0 aliphatic carbocycles. The highest BCUT2D eigenvalue weighted by Gasteiger charge is 2.34. The Labute approximate surface area is 150 Å². The van der Waals surface area contributed by atoms with E-state index in [2.05, 4.69) is 15.9 Å². The molecular formula is C19H9BrNO4-. The van der Waals surface area contributed by atoms with Crippen molar-refractivity contribution < 1.29 is 19.5 Å². The summed E-state index contributed by atoms with van der Waals surface area (Å²) in [6.45, 7) is 0. The van der Waals surface area contributed by atoms with Crippen LogP contribution in [0.2, 0.25) is 0 Å². The van der Waals surface area contributed by atoms with Gasteiger partial charge in [0.15, 0.2) is 0 Å². The van der Waals surface area contributed by atoms with Gasteiger partial charge in [0.1, 0.15) is 0 Å². The van der Waals surface area contributed by atoms with E-state index in [1.807, 2.05) is 6.07 Å². The molecule has 4 rings (SSSR count). The maximum atomic E-state index is 12.9. The van der Waals surface area contributed by atoms with Crippen LogP contribution in [0.4, 0.5) is 5.69 Å². The van der Waals surface area contributed by atoms with E-state index in [1.54, 1.807) is 24.3 Å². The molecule has 0 bridgehead atoms. The van der Waals surface area contributed by atoms with E-state index in [9.17, 15) is 19.5 Å². The molecule has 122 valence electrons. The third-order valence-electron chi connectivity index (χ3n) is 4.19. The molecule has 25 heavy (non-hydrogen) atoms. The standard InChI is InChI=1S/C19H10BrNO4/c20-15-8-7-14-16-12(15)5-2-6-13(16)17(22)21(18(14)23)11-4-1-3-10(9-11)19(24)25/h1-9H,(H,24,25)/p-1. The fraction of sp³-hybridized carbons (Fsp3) is 0. The molecule has 1 heterocycles. The van der Waals surface area contributed by atoms with Crippen molar-refractivity contribution in [3.63, 3.8) is 0 Å². The van der Waals surface area contributed by atoms with Crippen molar-refractivity contribution in [3.8, 4) is 0 Å². The molecule has 6 heteroatoms. The molecule has 0 N–H and O–H groups in total. The lowest BCUT2D eigenvalue weighted by Gasteiger charge is -2.27. The number of rotatable bonds is 2. The molecule has 0 saturated carbocycles. The highest BCUT2D eigenvalue weighted by Crippen LogP contribution is 2.36. The monoisotopic (exact) mass is 394 g/mol. The topological polar surface area (TPSA) is 77.5 Å². The summed E-state index contributed by atoms with van der Waals surface area (Å²) in [5.41, 5.74) is 0.889. The van der Waals surface area contributed by atoms with Crippen molar-refractivity contribution in [2.45, 2.75) is 0 Å². The van der Waals surface area contributed by atoms with E-state index >= 15 is 0 Å². The fourth-order valence-electron chi connectivity index (χ4n) is 3.07. The molecule has 0 spiro atoms. The molecule has 0 unspecified atom stereocenters. The van der Waals surface area contributed by atoms with E-state index < -0.39 is 17.8 Å². The Morgan fingerprint density at radius 2 is 1.60 bits per heavy atom. The minimum Gasteiger partial charge on any atom is -0.545 e. The van der Waals surface area contributed by atoms with Crippen LogP contribution in [0.1, 0.15) is 31.1 Å². The van der Waals surface area contributed by atoms with Crippen LogP contribution in [0.15, 0.2) is 59.1 Å². The summed E-state index contributed by atoms with van der Waals surface area (Å²) in [6.07, 6.45) is 0. The maximum Gasteiger partial charge on any atom is 0.265 e. The van der Waals surface area contributed by atoms with E-state index in [0.29, 0.717) is 16.5 Å². The Morgan fingerprint density at radius 3 is 2.32 bits per heavy atom. The second-order valence-electron chi connectivity index (χ2n) is 5.61. The van der Waals surface area contributed by atoms with Crippen molar-refractivity contribution in [1.29, 1.82) is 0 Å². The van der Waals surface area contributed by atoms with E-state index in [1.165, 1.54) is 24.3 Å². The van der Waals surface area contributed by atoms with Gasteiger partial charge in [-0.2, -0.15) is 0 Å². The van der Waals surface area contributed by atoms with Gasteiger partial charge in [0.25, 0.3) is 11.8 Å². The Morgan fingerprint density at radius 1 is 0.920 bits per heavy atom. The van der Waals surface area contributed by atoms with Crippen LogP contribution in [-0.2, 0) is 0 Å². The van der Waals surface area contributed by atoms with Crippen molar-refractivity contribution >= 4 is 50.2 Å². The highest BCUT2D eigenvalue weighted by atomic mass is 79.9. The molecule has 2 amide bonds. The number of carbonyl (C=O) groups is 3. The first-order chi connectivity index (χ1) is 12.0. The summed E-state index contributed by atoms with van der Waals surface area (Å²) in [4.78, 5) is 37.9. The first-order valence-electron chi connectivity index (χ1n) is 7.40.